The van der Waals surface area contributed by atoms with Crippen LogP contribution in [0.3, 0.4) is 0 Å². The van der Waals surface area contributed by atoms with Crippen molar-refractivity contribution in [2.75, 3.05) is 0 Å². The van der Waals surface area contributed by atoms with Gasteiger partial charge in [0, 0.05) is 128 Å². The Hall–Kier alpha value is 5.49. The van der Waals surface area contributed by atoms with Crippen LogP contribution < -0.4 is 0 Å². The maximum atomic E-state index is 0. The van der Waals surface area contributed by atoms with Crippen LogP contribution >= 0.6 is 0 Å². The van der Waals surface area contributed by atoms with Gasteiger partial charge in [-0.1, -0.05) is 0 Å². The van der Waals surface area contributed by atoms with Crippen LogP contribution in [0.5, 0.6) is 0 Å². The van der Waals surface area contributed by atoms with E-state index in [4.69, 9.17) is 0 Å². The van der Waals surface area contributed by atoms with Crippen molar-refractivity contribution in [3.8, 4) is 0 Å². The Bertz CT molecular complexity index is 17.7. The van der Waals surface area contributed by atoms with Crippen molar-refractivity contribution < 1.29 is 131 Å². The van der Waals surface area contributed by atoms with E-state index >= 15 is 0 Å². The summed E-state index contributed by atoms with van der Waals surface area (Å²) in [6, 6.07) is 0. The van der Waals surface area contributed by atoms with Crippen LogP contribution in [0.2, 0.25) is 0 Å². The third-order valence-electron chi connectivity index (χ3n) is 0. The van der Waals surface area contributed by atoms with Crippen molar-refractivity contribution >= 4 is 40.4 Å². The van der Waals surface area contributed by atoms with E-state index in [-0.39, 0.29) is 171 Å². The van der Waals surface area contributed by atoms with Crippen molar-refractivity contribution in [1.82, 2.24) is 0 Å². The van der Waals surface area contributed by atoms with Gasteiger partial charge in [-0.3, -0.25) is 0 Å². The summed E-state index contributed by atoms with van der Waals surface area (Å²) in [7, 11) is 0. The van der Waals surface area contributed by atoms with Crippen molar-refractivity contribution in [1.29, 1.82) is 0 Å². The molecule has 0 aromatic rings. The molecule has 0 unspecified atom stereocenters. The van der Waals surface area contributed by atoms with Crippen molar-refractivity contribution in [2.24, 2.45) is 0 Å². The summed E-state index contributed by atoms with van der Waals surface area (Å²) in [5.41, 5.74) is 0. The molecule has 0 aromatic carbocycles. The second kappa shape index (κ2) is 22.7. The summed E-state index contributed by atoms with van der Waals surface area (Å²) < 4.78 is 0. The first-order chi connectivity index (χ1) is 0. The summed E-state index contributed by atoms with van der Waals surface area (Å²) in [5.74, 6) is 0. The van der Waals surface area contributed by atoms with Crippen LogP contribution in [0, 0.1) is 128 Å². The third-order valence-corrected chi connectivity index (χ3v) is 0. The van der Waals surface area contributed by atoms with E-state index in [1.807, 2.05) is 0 Å². The molecular weight excluding hydrogens is 519 g/mol. The van der Waals surface area contributed by atoms with Crippen LogP contribution in [0.1, 0.15) is 2.85 Å². The Morgan fingerprint density at radius 1 is 1.20 bits per heavy atom. The third kappa shape index (κ3) is 17.7. The first-order valence-corrected chi connectivity index (χ1v) is 0. The molecule has 0 aliphatic heterocycles. The van der Waals surface area contributed by atoms with Gasteiger partial charge in [-0.2, -0.15) is 0 Å². The van der Waals surface area contributed by atoms with Gasteiger partial charge in [0.2, 0.25) is 0 Å². The van der Waals surface area contributed by atoms with Crippen LogP contribution in [-0.4, -0.2) is 40.4 Å². The molecule has 5 heteroatoms. The second-order valence-corrected chi connectivity index (χ2v) is 0. The second-order valence-electron chi connectivity index (χ2n) is 0. The smallest absolute Gasteiger partial charge is 1.00 e. The van der Waals surface area contributed by atoms with Crippen molar-refractivity contribution in [2.45, 2.75) is 0 Å². The van der Waals surface area contributed by atoms with Gasteiger partial charge in [0.1, 0.15) is 0 Å². The minimum atomic E-state index is 0. The van der Waals surface area contributed by atoms with E-state index in [2.05, 4.69) is 0 Å². The van der Waals surface area contributed by atoms with Crippen LogP contribution in [0.15, 0.2) is 0 Å². The maximum absolute atomic E-state index is 0. The van der Waals surface area contributed by atoms with E-state index in [1.165, 1.54) is 0 Å². The number of hydrogen-bond donors (Lipinski definition) is 0. The van der Waals surface area contributed by atoms with Gasteiger partial charge in [0.15, 0.2) is 17.4 Å². The van der Waals surface area contributed by atoms with Crippen LogP contribution in [0.4, 0.5) is 0 Å². The summed E-state index contributed by atoms with van der Waals surface area (Å²) >= 11 is 0. The summed E-state index contributed by atoms with van der Waals surface area (Å²) in [6.07, 6.45) is 0. The first kappa shape index (κ1) is 31.3. The minimum Gasteiger partial charge on any atom is -1.00 e. The van der Waals surface area contributed by atoms with E-state index in [9.17, 15) is 0 Å². The van der Waals surface area contributed by atoms with Gasteiger partial charge in [-0.25, -0.2) is 0 Å². The van der Waals surface area contributed by atoms with Gasteiger partial charge in [-0.15, -0.1) is 0 Å². The molecule has 0 amide bonds. The van der Waals surface area contributed by atoms with Gasteiger partial charge < -0.3 is 2.85 Å². The first-order valence-electron chi connectivity index (χ1n) is 0. The molecule has 0 rings (SSSR count). The molecule has 0 saturated carbocycles. The molecule has 0 fully saturated rings. The number of hydrogen-bond acceptors (Lipinski definition) is 0. The normalized spacial score (nSPS) is 0. The zero-order chi connectivity index (χ0) is 0. The van der Waals surface area contributed by atoms with E-state index in [0.29, 0.717) is 0 Å². The summed E-state index contributed by atoms with van der Waals surface area (Å²) in [5, 5.41) is 0. The van der Waals surface area contributed by atoms with E-state index in [0.717, 1.165) is 0 Å². The fraction of sp³-hybridized carbons (Fsp3) is 0. The molecule has 0 N–H and O–H groups in total. The Morgan fingerprint density at radius 2 is 1.20 bits per heavy atom. The average molecular weight is 524 g/mol. The molecular formula is H5AlEuGdMgTb. The van der Waals surface area contributed by atoms with E-state index < -0.39 is 0 Å². The average Bonchev–Trinajstić information content (AvgIpc) is 0. The van der Waals surface area contributed by atoms with E-state index in [1.54, 1.807) is 0 Å². The predicted molar refractivity (Wildman–Crippen MR) is 17.9 cm³/mol. The molecule has 0 atom stereocenters. The number of rotatable bonds is 0. The molecule has 0 aromatic heterocycles. The molecule has 0 aliphatic rings. The molecule has 2 radical (unpaired) electrons. The largest absolute Gasteiger partial charge is 2.00 e. The van der Waals surface area contributed by atoms with Gasteiger partial charge in [0.05, 0.1) is 0 Å². The molecule has 0 spiro atoms. The molecule has 5 heavy (non-hydrogen) atoms. The molecule has 0 saturated heterocycles. The Balaban J connectivity index is 0. The fourth-order valence-corrected chi connectivity index (χ4v) is 0. The summed E-state index contributed by atoms with van der Waals surface area (Å²) in [6.45, 7) is 0. The van der Waals surface area contributed by atoms with Gasteiger partial charge in [-0.05, 0) is 0 Å². The Labute approximate surface area is 166 Å². The monoisotopic (exact) mass is 526 g/mol. The summed E-state index contributed by atoms with van der Waals surface area (Å²) in [4.78, 5) is 0. The zero-order valence-corrected chi connectivity index (χ0v) is 10.0. The zero-order valence-electron chi connectivity index (χ0n) is 3.77. The van der Waals surface area contributed by atoms with Gasteiger partial charge in [0.25, 0.3) is 0 Å². The SMILES string of the molecule is [AlH3].[Eu].[Gd].[H-].[H-].[Mg+2].[Tb]. The Morgan fingerprint density at radius 3 is 1.20 bits per heavy atom. The quantitative estimate of drug-likeness (QED) is 0.345. The predicted octanol–water partition coefficient (Wildman–Crippen LogP) is -1.34. The fourth-order valence-electron chi connectivity index (χ4n) is 0. The molecule has 0 heterocycles. The van der Waals surface area contributed by atoms with Crippen LogP contribution in [-0.2, 0) is 0 Å². The molecule has 0 aliphatic carbocycles. The molecule has 0 nitrogen and oxygen atoms in total. The van der Waals surface area contributed by atoms with Gasteiger partial charge >= 0.3 is 23.1 Å². The van der Waals surface area contributed by atoms with Crippen LogP contribution in [0.25, 0.3) is 0 Å². The maximum Gasteiger partial charge on any atom is 2.00 e. The standard InChI is InChI=1S/Al.Eu.Gd.Mg.Tb.5H/q;;;+2;;;;;2*-1. The molecule has 34 valence electrons. The Kier molecular flexibility index (Phi) is 142. The topological polar surface area (TPSA) is 0 Å². The van der Waals surface area contributed by atoms with Crippen molar-refractivity contribution in [3.63, 3.8) is 0 Å². The minimum absolute atomic E-state index is 0. The van der Waals surface area contributed by atoms with Crippen molar-refractivity contribution in [3.05, 3.63) is 0 Å². The molecule has 0 bridgehead atoms.